The summed E-state index contributed by atoms with van der Waals surface area (Å²) < 4.78 is 4.82. The molecule has 0 bridgehead atoms. The lowest BCUT2D eigenvalue weighted by molar-refractivity contribution is -0.138. The Morgan fingerprint density at radius 3 is 3.00 bits per heavy atom. The molecule has 0 radical (unpaired) electrons. The highest BCUT2D eigenvalue weighted by Gasteiger charge is 2.06. The number of nitrogens with one attached hydrogen (secondary N) is 1. The van der Waals surface area contributed by atoms with Crippen LogP contribution < -0.4 is 5.32 Å². The van der Waals surface area contributed by atoms with Gasteiger partial charge < -0.3 is 10.1 Å². The Morgan fingerprint density at radius 1 is 1.56 bits per heavy atom. The number of nitrogens with zero attached hydrogens (tertiary/aromatic N) is 1. The molecule has 4 heteroatoms. The van der Waals surface area contributed by atoms with Gasteiger partial charge in [0.25, 0.3) is 0 Å². The van der Waals surface area contributed by atoms with E-state index in [4.69, 9.17) is 10.00 Å². The Bertz CT molecular complexity index is 475. The standard InChI is InChI=1S/C14H16N2O2/c1-3-18-14(17)11(2)9-16-10-13-6-4-5-12(7-13)8-15/h4-7,16H,2-3,9-10H2,1H3. The maximum atomic E-state index is 11.3. The SMILES string of the molecule is C=C(CNCc1cccc(C#N)c1)C(=O)OCC. The fourth-order valence-electron chi connectivity index (χ4n) is 1.41. The van der Waals surface area contributed by atoms with Crippen molar-refractivity contribution in [2.45, 2.75) is 13.5 Å². The first kappa shape index (κ1) is 13.9. The molecule has 0 aliphatic heterocycles. The normalized spacial score (nSPS) is 9.56. The molecule has 0 amide bonds. The van der Waals surface area contributed by atoms with E-state index in [9.17, 15) is 4.79 Å². The van der Waals surface area contributed by atoms with E-state index in [2.05, 4.69) is 18.0 Å². The highest BCUT2D eigenvalue weighted by molar-refractivity contribution is 5.88. The lowest BCUT2D eigenvalue weighted by atomic mass is 10.1. The zero-order valence-electron chi connectivity index (χ0n) is 10.4. The smallest absolute Gasteiger partial charge is 0.334 e. The Kier molecular flexibility index (Phi) is 5.62. The van der Waals surface area contributed by atoms with Crippen LogP contribution in [-0.2, 0) is 16.1 Å². The number of nitriles is 1. The number of ether oxygens (including phenoxy) is 1. The fraction of sp³-hybridized carbons (Fsp3) is 0.286. The average molecular weight is 244 g/mol. The van der Waals surface area contributed by atoms with Crippen LogP contribution >= 0.6 is 0 Å². The number of hydrogen-bond donors (Lipinski definition) is 1. The Morgan fingerprint density at radius 2 is 2.33 bits per heavy atom. The molecule has 0 saturated carbocycles. The van der Waals surface area contributed by atoms with E-state index in [1.165, 1.54) is 0 Å². The third-order valence-corrected chi connectivity index (χ3v) is 2.29. The molecule has 0 saturated heterocycles. The van der Waals surface area contributed by atoms with Crippen molar-refractivity contribution < 1.29 is 9.53 Å². The lowest BCUT2D eigenvalue weighted by Crippen LogP contribution is -2.21. The van der Waals surface area contributed by atoms with Crippen molar-refractivity contribution >= 4 is 5.97 Å². The molecule has 0 atom stereocenters. The van der Waals surface area contributed by atoms with Crippen LogP contribution in [0.5, 0.6) is 0 Å². The minimum Gasteiger partial charge on any atom is -0.463 e. The number of benzene rings is 1. The molecule has 0 fully saturated rings. The van der Waals surface area contributed by atoms with E-state index in [1.54, 1.807) is 19.1 Å². The van der Waals surface area contributed by atoms with Gasteiger partial charge in [-0.05, 0) is 24.6 Å². The third-order valence-electron chi connectivity index (χ3n) is 2.29. The summed E-state index contributed by atoms with van der Waals surface area (Å²) in [6.07, 6.45) is 0. The molecule has 0 aliphatic carbocycles. The molecular weight excluding hydrogens is 228 g/mol. The fourth-order valence-corrected chi connectivity index (χ4v) is 1.41. The number of carbonyl (C=O) groups is 1. The van der Waals surface area contributed by atoms with Crippen molar-refractivity contribution in [2.75, 3.05) is 13.2 Å². The molecule has 0 unspecified atom stereocenters. The topological polar surface area (TPSA) is 62.1 Å². The largest absolute Gasteiger partial charge is 0.463 e. The van der Waals surface area contributed by atoms with Gasteiger partial charge in [-0.15, -0.1) is 0 Å². The van der Waals surface area contributed by atoms with Crippen LogP contribution in [0.25, 0.3) is 0 Å². The van der Waals surface area contributed by atoms with Crippen molar-refractivity contribution in [1.29, 1.82) is 5.26 Å². The van der Waals surface area contributed by atoms with Crippen molar-refractivity contribution in [3.63, 3.8) is 0 Å². The zero-order chi connectivity index (χ0) is 13.4. The van der Waals surface area contributed by atoms with Gasteiger partial charge in [0.1, 0.15) is 0 Å². The number of carbonyl (C=O) groups excluding carboxylic acids is 1. The Balaban J connectivity index is 2.40. The van der Waals surface area contributed by atoms with E-state index in [-0.39, 0.29) is 5.97 Å². The second-order valence-corrected chi connectivity index (χ2v) is 3.74. The molecule has 0 heterocycles. The predicted molar refractivity (Wildman–Crippen MR) is 68.6 cm³/mol. The molecule has 1 aromatic rings. The average Bonchev–Trinajstić information content (AvgIpc) is 2.39. The van der Waals surface area contributed by atoms with Gasteiger partial charge in [-0.1, -0.05) is 18.7 Å². The monoisotopic (exact) mass is 244 g/mol. The lowest BCUT2D eigenvalue weighted by Gasteiger charge is -2.07. The van der Waals surface area contributed by atoms with Crippen LogP contribution in [-0.4, -0.2) is 19.1 Å². The summed E-state index contributed by atoms with van der Waals surface area (Å²) in [4.78, 5) is 11.3. The molecular formula is C14H16N2O2. The second-order valence-electron chi connectivity index (χ2n) is 3.74. The van der Waals surface area contributed by atoms with E-state index in [0.29, 0.717) is 30.8 Å². The summed E-state index contributed by atoms with van der Waals surface area (Å²) in [5.74, 6) is -0.379. The van der Waals surface area contributed by atoms with Gasteiger partial charge in [-0.25, -0.2) is 4.79 Å². The summed E-state index contributed by atoms with van der Waals surface area (Å²) >= 11 is 0. The van der Waals surface area contributed by atoms with Gasteiger partial charge in [0.2, 0.25) is 0 Å². The molecule has 1 aromatic carbocycles. The first-order chi connectivity index (χ1) is 8.67. The zero-order valence-corrected chi connectivity index (χ0v) is 10.4. The van der Waals surface area contributed by atoms with Gasteiger partial charge in [0.05, 0.1) is 18.2 Å². The van der Waals surface area contributed by atoms with Gasteiger partial charge in [0, 0.05) is 18.7 Å². The van der Waals surface area contributed by atoms with Crippen LogP contribution in [0.4, 0.5) is 0 Å². The first-order valence-electron chi connectivity index (χ1n) is 5.72. The Labute approximate surface area is 107 Å². The Hall–Kier alpha value is -2.12. The van der Waals surface area contributed by atoms with Crippen molar-refractivity contribution in [3.05, 3.63) is 47.5 Å². The quantitative estimate of drug-likeness (QED) is 0.612. The number of esters is 1. The summed E-state index contributed by atoms with van der Waals surface area (Å²) in [6, 6.07) is 9.39. The van der Waals surface area contributed by atoms with Crippen molar-refractivity contribution in [2.24, 2.45) is 0 Å². The van der Waals surface area contributed by atoms with E-state index >= 15 is 0 Å². The highest BCUT2D eigenvalue weighted by Crippen LogP contribution is 2.04. The number of rotatable bonds is 6. The molecule has 18 heavy (non-hydrogen) atoms. The second kappa shape index (κ2) is 7.25. The molecule has 1 N–H and O–H groups in total. The molecule has 4 nitrogen and oxygen atoms in total. The van der Waals surface area contributed by atoms with E-state index in [0.717, 1.165) is 5.56 Å². The predicted octanol–water partition coefficient (Wildman–Crippen LogP) is 1.77. The van der Waals surface area contributed by atoms with Crippen LogP contribution in [0, 0.1) is 11.3 Å². The van der Waals surface area contributed by atoms with E-state index in [1.807, 2.05) is 12.1 Å². The molecule has 0 spiro atoms. The third kappa shape index (κ3) is 4.40. The van der Waals surface area contributed by atoms with Crippen LogP contribution in [0.1, 0.15) is 18.1 Å². The van der Waals surface area contributed by atoms with Crippen molar-refractivity contribution in [3.8, 4) is 6.07 Å². The van der Waals surface area contributed by atoms with E-state index < -0.39 is 0 Å². The van der Waals surface area contributed by atoms with Gasteiger partial charge in [0.15, 0.2) is 0 Å². The molecule has 0 aromatic heterocycles. The number of hydrogen-bond acceptors (Lipinski definition) is 4. The summed E-state index contributed by atoms with van der Waals surface area (Å²) in [7, 11) is 0. The maximum Gasteiger partial charge on any atom is 0.334 e. The molecule has 94 valence electrons. The highest BCUT2D eigenvalue weighted by atomic mass is 16.5. The van der Waals surface area contributed by atoms with Gasteiger partial charge in [-0.2, -0.15) is 5.26 Å². The molecule has 0 aliphatic rings. The minimum absolute atomic E-state index is 0.349. The van der Waals surface area contributed by atoms with Crippen LogP contribution in [0.15, 0.2) is 36.4 Å². The first-order valence-corrected chi connectivity index (χ1v) is 5.72. The summed E-state index contributed by atoms with van der Waals surface area (Å²) in [6.45, 7) is 6.70. The molecule has 1 rings (SSSR count). The summed E-state index contributed by atoms with van der Waals surface area (Å²) in [5, 5.41) is 11.8. The summed E-state index contributed by atoms with van der Waals surface area (Å²) in [5.41, 5.74) is 2.01. The minimum atomic E-state index is -0.379. The van der Waals surface area contributed by atoms with Gasteiger partial charge >= 0.3 is 5.97 Å². The maximum absolute atomic E-state index is 11.3. The van der Waals surface area contributed by atoms with Crippen molar-refractivity contribution in [1.82, 2.24) is 5.32 Å². The van der Waals surface area contributed by atoms with Crippen LogP contribution in [0.2, 0.25) is 0 Å². The van der Waals surface area contributed by atoms with Crippen LogP contribution in [0.3, 0.4) is 0 Å². The van der Waals surface area contributed by atoms with Gasteiger partial charge in [-0.3, -0.25) is 0 Å².